The Balaban J connectivity index is 1.53. The Morgan fingerprint density at radius 1 is 1.09 bits per heavy atom. The van der Waals surface area contributed by atoms with E-state index in [0.29, 0.717) is 57.0 Å². The maximum absolute atomic E-state index is 13.1. The number of morpholine rings is 1. The zero-order chi connectivity index (χ0) is 23.0. The number of aryl methyl sites for hydroxylation is 2. The first kappa shape index (κ1) is 24.2. The number of nitrogens with one attached hydrogen (secondary N) is 1. The van der Waals surface area contributed by atoms with Gasteiger partial charge >= 0.3 is 0 Å². The van der Waals surface area contributed by atoms with Crippen molar-refractivity contribution in [1.29, 1.82) is 0 Å². The zero-order valence-electron chi connectivity index (χ0n) is 18.8. The standard InChI is InChI=1S/C24H32N2O5S/c1-3-20-8-9-21(18-23(20)32(28,29)26-13-16-30-17-14-26)24(27)25-12-4-5-15-31-22-10-6-19(2)7-11-22/h6-11,18H,3-5,12-17H2,1-2H3,(H,25,27). The summed E-state index contributed by atoms with van der Waals surface area (Å²) in [5.74, 6) is 0.565. The average Bonchev–Trinajstić information content (AvgIpc) is 2.82. The Bertz CT molecular complexity index is 1000. The summed E-state index contributed by atoms with van der Waals surface area (Å²) in [5.41, 5.74) is 2.25. The van der Waals surface area contributed by atoms with E-state index in [2.05, 4.69) is 5.32 Å². The van der Waals surface area contributed by atoms with E-state index in [4.69, 9.17) is 9.47 Å². The Kier molecular flexibility index (Phi) is 8.67. The average molecular weight is 461 g/mol. The van der Waals surface area contributed by atoms with Gasteiger partial charge < -0.3 is 14.8 Å². The van der Waals surface area contributed by atoms with E-state index < -0.39 is 10.0 Å². The highest BCUT2D eigenvalue weighted by molar-refractivity contribution is 7.89. The van der Waals surface area contributed by atoms with E-state index in [-0.39, 0.29) is 10.8 Å². The van der Waals surface area contributed by atoms with Crippen molar-refractivity contribution in [3.8, 4) is 5.75 Å². The fourth-order valence-electron chi connectivity index (χ4n) is 3.51. The van der Waals surface area contributed by atoms with Gasteiger partial charge in [0.2, 0.25) is 10.0 Å². The molecule has 174 valence electrons. The van der Waals surface area contributed by atoms with Crippen LogP contribution in [0.1, 0.15) is 41.3 Å². The van der Waals surface area contributed by atoms with Crippen LogP contribution in [0.3, 0.4) is 0 Å². The number of hydrogen-bond acceptors (Lipinski definition) is 5. The number of carbonyl (C=O) groups is 1. The maximum atomic E-state index is 13.1. The highest BCUT2D eigenvalue weighted by Gasteiger charge is 2.29. The second-order valence-corrected chi connectivity index (χ2v) is 9.72. The third kappa shape index (κ3) is 6.31. The Hall–Kier alpha value is -2.42. The monoisotopic (exact) mass is 460 g/mol. The van der Waals surface area contributed by atoms with Gasteiger partial charge in [-0.2, -0.15) is 4.31 Å². The Morgan fingerprint density at radius 3 is 2.50 bits per heavy atom. The minimum absolute atomic E-state index is 0.209. The first-order valence-electron chi connectivity index (χ1n) is 11.1. The molecule has 0 radical (unpaired) electrons. The molecule has 0 atom stereocenters. The van der Waals surface area contributed by atoms with Crippen LogP contribution in [-0.4, -0.2) is 58.1 Å². The fraction of sp³-hybridized carbons (Fsp3) is 0.458. The second kappa shape index (κ2) is 11.4. The Labute approximate surface area is 190 Å². The summed E-state index contributed by atoms with van der Waals surface area (Å²) in [6.07, 6.45) is 2.14. The van der Waals surface area contributed by atoms with Crippen molar-refractivity contribution in [2.24, 2.45) is 0 Å². The van der Waals surface area contributed by atoms with Crippen LogP contribution in [0.25, 0.3) is 0 Å². The van der Waals surface area contributed by atoms with Gasteiger partial charge in [-0.25, -0.2) is 8.42 Å². The summed E-state index contributed by atoms with van der Waals surface area (Å²) < 4.78 is 38.7. The van der Waals surface area contributed by atoms with Gasteiger partial charge in [0.25, 0.3) is 5.91 Å². The molecule has 7 nitrogen and oxygen atoms in total. The SMILES string of the molecule is CCc1ccc(C(=O)NCCCCOc2ccc(C)cc2)cc1S(=O)(=O)N1CCOCC1. The van der Waals surface area contributed by atoms with E-state index in [9.17, 15) is 13.2 Å². The van der Waals surface area contributed by atoms with Crippen molar-refractivity contribution < 1.29 is 22.7 Å². The third-order valence-corrected chi connectivity index (χ3v) is 7.43. The minimum atomic E-state index is -3.67. The minimum Gasteiger partial charge on any atom is -0.494 e. The number of sulfonamides is 1. The van der Waals surface area contributed by atoms with E-state index in [0.717, 1.165) is 18.6 Å². The van der Waals surface area contributed by atoms with Crippen molar-refractivity contribution in [3.63, 3.8) is 0 Å². The number of carbonyl (C=O) groups excluding carboxylic acids is 1. The topological polar surface area (TPSA) is 84.9 Å². The van der Waals surface area contributed by atoms with Crippen LogP contribution >= 0.6 is 0 Å². The number of rotatable bonds is 10. The molecule has 8 heteroatoms. The summed E-state index contributed by atoms with van der Waals surface area (Å²) in [6.45, 7) is 6.43. The lowest BCUT2D eigenvalue weighted by Gasteiger charge is -2.27. The predicted molar refractivity (Wildman–Crippen MR) is 124 cm³/mol. The van der Waals surface area contributed by atoms with Crippen LogP contribution in [0.2, 0.25) is 0 Å². The number of ether oxygens (including phenoxy) is 2. The van der Waals surface area contributed by atoms with E-state index >= 15 is 0 Å². The van der Waals surface area contributed by atoms with Crippen LogP contribution < -0.4 is 10.1 Å². The van der Waals surface area contributed by atoms with Gasteiger partial charge in [0, 0.05) is 25.2 Å². The molecule has 3 rings (SSSR count). The third-order valence-electron chi connectivity index (χ3n) is 5.44. The van der Waals surface area contributed by atoms with Crippen LogP contribution in [0.15, 0.2) is 47.4 Å². The molecule has 1 amide bonds. The normalized spacial score (nSPS) is 14.8. The summed E-state index contributed by atoms with van der Waals surface area (Å²) in [7, 11) is -3.67. The molecule has 0 aliphatic carbocycles. The summed E-state index contributed by atoms with van der Waals surface area (Å²) in [5, 5.41) is 2.88. The number of nitrogens with zero attached hydrogens (tertiary/aromatic N) is 1. The fourth-order valence-corrected chi connectivity index (χ4v) is 5.24. The van der Waals surface area contributed by atoms with Crippen molar-refractivity contribution in [3.05, 3.63) is 59.2 Å². The van der Waals surface area contributed by atoms with Gasteiger partial charge in [0.1, 0.15) is 5.75 Å². The van der Waals surface area contributed by atoms with Gasteiger partial charge in [-0.15, -0.1) is 0 Å². The molecule has 0 aromatic heterocycles. The van der Waals surface area contributed by atoms with Gasteiger partial charge in [-0.1, -0.05) is 30.7 Å². The number of amides is 1. The van der Waals surface area contributed by atoms with Crippen LogP contribution in [0.5, 0.6) is 5.75 Å². The molecule has 2 aromatic carbocycles. The molecule has 32 heavy (non-hydrogen) atoms. The maximum Gasteiger partial charge on any atom is 0.251 e. The molecule has 1 saturated heterocycles. The van der Waals surface area contributed by atoms with E-state index in [1.54, 1.807) is 12.1 Å². The van der Waals surface area contributed by atoms with Gasteiger partial charge in [-0.05, 0) is 56.0 Å². The molecular formula is C24H32N2O5S. The zero-order valence-corrected chi connectivity index (χ0v) is 19.6. The molecule has 2 aromatic rings. The van der Waals surface area contributed by atoms with Crippen molar-refractivity contribution in [2.75, 3.05) is 39.5 Å². The van der Waals surface area contributed by atoms with Crippen LogP contribution in [0.4, 0.5) is 0 Å². The highest BCUT2D eigenvalue weighted by Crippen LogP contribution is 2.23. The molecule has 1 aliphatic rings. The summed E-state index contributed by atoms with van der Waals surface area (Å²) in [6, 6.07) is 12.8. The molecule has 0 spiro atoms. The highest BCUT2D eigenvalue weighted by atomic mass is 32.2. The first-order chi connectivity index (χ1) is 15.4. The van der Waals surface area contributed by atoms with Crippen molar-refractivity contribution in [1.82, 2.24) is 9.62 Å². The molecule has 1 fully saturated rings. The predicted octanol–water partition coefficient (Wildman–Crippen LogP) is 3.17. The molecule has 0 saturated carbocycles. The molecule has 0 unspecified atom stereocenters. The van der Waals surface area contributed by atoms with Crippen LogP contribution in [0, 0.1) is 6.92 Å². The quantitative estimate of drug-likeness (QED) is 0.551. The number of benzene rings is 2. The van der Waals surface area contributed by atoms with Gasteiger partial charge in [-0.3, -0.25) is 4.79 Å². The van der Waals surface area contributed by atoms with Gasteiger partial charge in [0.05, 0.1) is 24.7 Å². The Morgan fingerprint density at radius 2 is 1.81 bits per heavy atom. The second-order valence-electron chi connectivity index (χ2n) is 7.82. The lowest BCUT2D eigenvalue weighted by Crippen LogP contribution is -2.41. The van der Waals surface area contributed by atoms with Crippen molar-refractivity contribution in [2.45, 2.75) is 38.0 Å². The lowest BCUT2D eigenvalue weighted by molar-refractivity contribution is 0.0730. The smallest absolute Gasteiger partial charge is 0.251 e. The van der Waals surface area contributed by atoms with E-state index in [1.807, 2.05) is 38.1 Å². The first-order valence-corrected chi connectivity index (χ1v) is 12.5. The number of hydrogen-bond donors (Lipinski definition) is 1. The molecule has 1 heterocycles. The molecule has 1 N–H and O–H groups in total. The lowest BCUT2D eigenvalue weighted by atomic mass is 10.1. The van der Waals surface area contributed by atoms with Gasteiger partial charge in [0.15, 0.2) is 0 Å². The largest absolute Gasteiger partial charge is 0.494 e. The van der Waals surface area contributed by atoms with Crippen LogP contribution in [-0.2, 0) is 21.2 Å². The van der Waals surface area contributed by atoms with Crippen molar-refractivity contribution >= 4 is 15.9 Å². The molecule has 0 bridgehead atoms. The molecule has 1 aliphatic heterocycles. The number of unbranched alkanes of at least 4 members (excludes halogenated alkanes) is 1. The summed E-state index contributed by atoms with van der Waals surface area (Å²) >= 11 is 0. The summed E-state index contributed by atoms with van der Waals surface area (Å²) in [4.78, 5) is 12.8. The molecular weight excluding hydrogens is 428 g/mol. The van der Waals surface area contributed by atoms with E-state index in [1.165, 1.54) is 15.9 Å².